The third-order valence-electron chi connectivity index (χ3n) is 2.84. The van der Waals surface area contributed by atoms with Gasteiger partial charge in [-0.1, -0.05) is 12.1 Å². The maximum atomic E-state index is 12.7. The van der Waals surface area contributed by atoms with E-state index < -0.39 is 17.3 Å². The van der Waals surface area contributed by atoms with Crippen molar-refractivity contribution in [3.63, 3.8) is 0 Å². The number of rotatable bonds is 2. The van der Waals surface area contributed by atoms with Crippen molar-refractivity contribution in [3.05, 3.63) is 40.2 Å². The first kappa shape index (κ1) is 14.9. The minimum Gasteiger partial charge on any atom is -0.383 e. The van der Waals surface area contributed by atoms with Crippen LogP contribution in [0.5, 0.6) is 0 Å². The van der Waals surface area contributed by atoms with Gasteiger partial charge in [0.05, 0.1) is 11.1 Å². The van der Waals surface area contributed by atoms with Crippen LogP contribution < -0.4 is 16.2 Å². The highest BCUT2D eigenvalue weighted by Gasteiger charge is 2.30. The number of nitrogens with two attached hydrogens (primary N) is 1. The highest BCUT2D eigenvalue weighted by atomic mass is 19.4. The van der Waals surface area contributed by atoms with E-state index in [0.29, 0.717) is 0 Å². The van der Waals surface area contributed by atoms with Crippen LogP contribution in [0.3, 0.4) is 0 Å². The Kier molecular flexibility index (Phi) is 3.63. The summed E-state index contributed by atoms with van der Waals surface area (Å²) in [6.45, 7) is 0. The van der Waals surface area contributed by atoms with Crippen molar-refractivity contribution in [1.82, 2.24) is 9.97 Å². The molecule has 0 bridgehead atoms. The van der Waals surface area contributed by atoms with Gasteiger partial charge in [0.1, 0.15) is 5.82 Å². The molecule has 0 radical (unpaired) electrons. The van der Waals surface area contributed by atoms with Gasteiger partial charge in [-0.25, -0.2) is 0 Å². The van der Waals surface area contributed by atoms with E-state index in [0.717, 1.165) is 12.1 Å². The van der Waals surface area contributed by atoms with Crippen molar-refractivity contribution in [3.8, 4) is 11.1 Å². The molecule has 0 atom stereocenters. The summed E-state index contributed by atoms with van der Waals surface area (Å²) < 4.78 is 38.1. The van der Waals surface area contributed by atoms with Crippen LogP contribution in [0.1, 0.15) is 5.56 Å². The number of nitrogens with zero attached hydrogens (tertiary/aromatic N) is 2. The number of hydrogen-bond acceptors (Lipinski definition) is 4. The molecule has 0 fully saturated rings. The number of alkyl halides is 3. The Morgan fingerprint density at radius 1 is 1.29 bits per heavy atom. The standard InChI is InChI=1S/C13H13F3N4O/c1-20(2)12-18-10(17)9(11(21)19-12)7-4-3-5-8(6-7)13(14,15)16/h3-6H,1-2H3,(H3,17,18,19,21). The van der Waals surface area contributed by atoms with Gasteiger partial charge in [0.15, 0.2) is 0 Å². The predicted octanol–water partition coefficient (Wildman–Crippen LogP) is 2.10. The van der Waals surface area contributed by atoms with E-state index in [1.807, 2.05) is 0 Å². The van der Waals surface area contributed by atoms with Gasteiger partial charge < -0.3 is 10.6 Å². The third kappa shape index (κ3) is 2.99. The lowest BCUT2D eigenvalue weighted by Gasteiger charge is -2.13. The average molecular weight is 298 g/mol. The molecule has 2 aromatic rings. The maximum Gasteiger partial charge on any atom is 0.416 e. The fourth-order valence-corrected chi connectivity index (χ4v) is 1.82. The molecule has 0 aliphatic heterocycles. The Morgan fingerprint density at radius 2 is 1.95 bits per heavy atom. The van der Waals surface area contributed by atoms with E-state index in [4.69, 9.17) is 5.73 Å². The second kappa shape index (κ2) is 5.12. The molecule has 2 rings (SSSR count). The van der Waals surface area contributed by atoms with Crippen LogP contribution >= 0.6 is 0 Å². The lowest BCUT2D eigenvalue weighted by atomic mass is 10.0. The lowest BCUT2D eigenvalue weighted by molar-refractivity contribution is -0.137. The fourth-order valence-electron chi connectivity index (χ4n) is 1.82. The molecule has 0 saturated carbocycles. The Morgan fingerprint density at radius 3 is 2.48 bits per heavy atom. The molecule has 0 aliphatic rings. The molecule has 112 valence electrons. The van der Waals surface area contributed by atoms with Crippen molar-refractivity contribution in [1.29, 1.82) is 0 Å². The van der Waals surface area contributed by atoms with Gasteiger partial charge in [-0.2, -0.15) is 18.2 Å². The van der Waals surface area contributed by atoms with E-state index in [9.17, 15) is 18.0 Å². The highest BCUT2D eigenvalue weighted by molar-refractivity contribution is 5.74. The summed E-state index contributed by atoms with van der Waals surface area (Å²) in [6.07, 6.45) is -4.49. The number of anilines is 2. The Labute approximate surface area is 118 Å². The zero-order valence-corrected chi connectivity index (χ0v) is 11.3. The van der Waals surface area contributed by atoms with Gasteiger partial charge in [0.25, 0.3) is 5.56 Å². The first-order chi connectivity index (χ1) is 9.70. The molecular formula is C13H13F3N4O. The van der Waals surface area contributed by atoms with Gasteiger partial charge in [-0.3, -0.25) is 9.78 Å². The van der Waals surface area contributed by atoms with Gasteiger partial charge in [-0.05, 0) is 17.7 Å². The number of hydrogen-bond donors (Lipinski definition) is 2. The summed E-state index contributed by atoms with van der Waals surface area (Å²) in [5, 5.41) is 0. The third-order valence-corrected chi connectivity index (χ3v) is 2.84. The summed E-state index contributed by atoms with van der Waals surface area (Å²) in [4.78, 5) is 20.0. The molecule has 0 unspecified atom stereocenters. The summed E-state index contributed by atoms with van der Waals surface area (Å²) in [5.41, 5.74) is 4.26. The monoisotopic (exact) mass is 298 g/mol. The molecule has 0 amide bonds. The van der Waals surface area contributed by atoms with Crippen LogP contribution in [-0.2, 0) is 6.18 Å². The molecule has 3 N–H and O–H groups in total. The minimum absolute atomic E-state index is 0.0707. The Hall–Kier alpha value is -2.51. The van der Waals surface area contributed by atoms with Gasteiger partial charge in [0, 0.05) is 14.1 Å². The van der Waals surface area contributed by atoms with Gasteiger partial charge >= 0.3 is 6.18 Å². The maximum absolute atomic E-state index is 12.7. The SMILES string of the molecule is CN(C)c1nc(N)c(-c2cccc(C(F)(F)F)c2)c(=O)[nH]1. The number of nitrogens with one attached hydrogen (secondary N) is 1. The van der Waals surface area contributed by atoms with E-state index in [1.165, 1.54) is 17.0 Å². The van der Waals surface area contributed by atoms with Crippen molar-refractivity contribution in [2.75, 3.05) is 24.7 Å². The molecule has 1 aromatic heterocycles. The van der Waals surface area contributed by atoms with Crippen molar-refractivity contribution < 1.29 is 13.2 Å². The van der Waals surface area contributed by atoms with Crippen LogP contribution in [0.4, 0.5) is 24.9 Å². The number of aromatic nitrogens is 2. The summed E-state index contributed by atoms with van der Waals surface area (Å²) in [5.74, 6) is 0.106. The fraction of sp³-hybridized carbons (Fsp3) is 0.231. The van der Waals surface area contributed by atoms with E-state index in [1.54, 1.807) is 14.1 Å². The topological polar surface area (TPSA) is 75.0 Å². The number of H-pyrrole nitrogens is 1. The minimum atomic E-state index is -4.49. The molecule has 0 aliphatic carbocycles. The number of benzene rings is 1. The quantitative estimate of drug-likeness (QED) is 0.890. The Bertz CT molecular complexity index is 722. The molecule has 21 heavy (non-hydrogen) atoms. The zero-order valence-electron chi connectivity index (χ0n) is 11.3. The second-order valence-corrected chi connectivity index (χ2v) is 4.62. The van der Waals surface area contributed by atoms with Crippen LogP contribution in [0, 0.1) is 0 Å². The van der Waals surface area contributed by atoms with E-state index in [-0.39, 0.29) is 22.9 Å². The predicted molar refractivity (Wildman–Crippen MR) is 74.0 cm³/mol. The molecule has 1 aromatic carbocycles. The van der Waals surface area contributed by atoms with Crippen LogP contribution in [0.15, 0.2) is 29.1 Å². The van der Waals surface area contributed by atoms with E-state index >= 15 is 0 Å². The molecule has 8 heteroatoms. The van der Waals surface area contributed by atoms with Crippen molar-refractivity contribution in [2.24, 2.45) is 0 Å². The first-order valence-electron chi connectivity index (χ1n) is 5.95. The highest BCUT2D eigenvalue weighted by Crippen LogP contribution is 2.32. The van der Waals surface area contributed by atoms with Crippen molar-refractivity contribution in [2.45, 2.75) is 6.18 Å². The smallest absolute Gasteiger partial charge is 0.383 e. The largest absolute Gasteiger partial charge is 0.416 e. The second-order valence-electron chi connectivity index (χ2n) is 4.62. The molecule has 0 spiro atoms. The molecule has 1 heterocycles. The number of halogens is 3. The summed E-state index contributed by atoms with van der Waals surface area (Å²) in [6, 6.07) is 4.40. The summed E-state index contributed by atoms with van der Waals surface area (Å²) in [7, 11) is 3.31. The van der Waals surface area contributed by atoms with Gasteiger partial charge in [-0.15, -0.1) is 0 Å². The van der Waals surface area contributed by atoms with Crippen molar-refractivity contribution >= 4 is 11.8 Å². The first-order valence-corrected chi connectivity index (χ1v) is 5.95. The van der Waals surface area contributed by atoms with Gasteiger partial charge in [0.2, 0.25) is 5.95 Å². The number of nitrogen functional groups attached to an aromatic ring is 1. The number of aromatic amines is 1. The van der Waals surface area contributed by atoms with E-state index in [2.05, 4.69) is 9.97 Å². The zero-order chi connectivity index (χ0) is 15.8. The van der Waals surface area contributed by atoms with Crippen LogP contribution in [0.25, 0.3) is 11.1 Å². The summed E-state index contributed by atoms with van der Waals surface area (Å²) >= 11 is 0. The van der Waals surface area contributed by atoms with Crippen LogP contribution in [0.2, 0.25) is 0 Å². The normalized spacial score (nSPS) is 11.5. The van der Waals surface area contributed by atoms with Crippen LogP contribution in [-0.4, -0.2) is 24.1 Å². The molecule has 0 saturated heterocycles. The lowest BCUT2D eigenvalue weighted by Crippen LogP contribution is -2.21. The Balaban J connectivity index is 2.60. The average Bonchev–Trinajstić information content (AvgIpc) is 2.37. The molecule has 5 nitrogen and oxygen atoms in total. The molecular weight excluding hydrogens is 285 g/mol.